The van der Waals surface area contributed by atoms with E-state index in [0.29, 0.717) is 4.47 Å². The molecular weight excluding hydrogens is 350 g/mol. The summed E-state index contributed by atoms with van der Waals surface area (Å²) in [6, 6.07) is 4.57. The number of rotatable bonds is 6. The van der Waals surface area contributed by atoms with Crippen LogP contribution in [0.3, 0.4) is 0 Å². The Morgan fingerprint density at radius 3 is 2.55 bits per heavy atom. The molecule has 1 aromatic rings. The summed E-state index contributed by atoms with van der Waals surface area (Å²) in [5.41, 5.74) is -1.11. The van der Waals surface area contributed by atoms with Gasteiger partial charge in [-0.3, -0.25) is 4.79 Å². The molecule has 0 radical (unpaired) electrons. The number of benzene rings is 1. The van der Waals surface area contributed by atoms with Crippen molar-refractivity contribution >= 4 is 31.9 Å². The number of hydrogen-bond acceptors (Lipinski definition) is 4. The Balaban J connectivity index is 3.17. The number of carboxylic acid groups (broad SMARTS) is 1. The summed E-state index contributed by atoms with van der Waals surface area (Å²) < 4.78 is 32.7. The van der Waals surface area contributed by atoms with Gasteiger partial charge in [-0.25, -0.2) is 13.1 Å². The maximum Gasteiger partial charge on any atom is 0.305 e. The van der Waals surface area contributed by atoms with Gasteiger partial charge in [0, 0.05) is 10.0 Å². The molecule has 20 heavy (non-hydrogen) atoms. The zero-order chi connectivity index (χ0) is 15.6. The molecule has 112 valence electrons. The van der Waals surface area contributed by atoms with E-state index in [-0.39, 0.29) is 17.1 Å². The number of halogens is 1. The van der Waals surface area contributed by atoms with Crippen molar-refractivity contribution in [2.45, 2.75) is 30.7 Å². The molecule has 0 heterocycles. The lowest BCUT2D eigenvalue weighted by Crippen LogP contribution is -2.44. The molecule has 0 saturated carbocycles. The fraction of sp³-hybridized carbons (Fsp3) is 0.417. The van der Waals surface area contributed by atoms with Crippen LogP contribution in [-0.2, 0) is 14.8 Å². The SMILES string of the molecule is COc1ccc(Br)cc1S(=O)(=O)NC(C)(C)CC(=O)O. The van der Waals surface area contributed by atoms with Gasteiger partial charge in [-0.15, -0.1) is 0 Å². The Hall–Kier alpha value is -1.12. The van der Waals surface area contributed by atoms with Crippen LogP contribution in [0, 0.1) is 0 Å². The number of carbonyl (C=O) groups is 1. The minimum atomic E-state index is -3.90. The maximum absolute atomic E-state index is 12.4. The van der Waals surface area contributed by atoms with Crippen LogP contribution in [0.5, 0.6) is 5.75 Å². The molecule has 0 aliphatic carbocycles. The largest absolute Gasteiger partial charge is 0.495 e. The van der Waals surface area contributed by atoms with Crippen LogP contribution in [0.4, 0.5) is 0 Å². The van der Waals surface area contributed by atoms with Crippen molar-refractivity contribution in [3.8, 4) is 5.75 Å². The van der Waals surface area contributed by atoms with Crippen molar-refractivity contribution in [2.75, 3.05) is 7.11 Å². The smallest absolute Gasteiger partial charge is 0.305 e. The second kappa shape index (κ2) is 6.11. The minimum absolute atomic E-state index is 0.0483. The Labute approximate surface area is 126 Å². The van der Waals surface area contributed by atoms with Gasteiger partial charge in [0.25, 0.3) is 0 Å². The van der Waals surface area contributed by atoms with E-state index in [1.54, 1.807) is 6.07 Å². The molecule has 0 amide bonds. The second-order valence-electron chi connectivity index (χ2n) is 4.86. The molecule has 0 spiro atoms. The molecule has 0 saturated heterocycles. The highest BCUT2D eigenvalue weighted by molar-refractivity contribution is 9.10. The average molecular weight is 366 g/mol. The van der Waals surface area contributed by atoms with Crippen molar-refractivity contribution in [1.82, 2.24) is 4.72 Å². The molecule has 2 N–H and O–H groups in total. The summed E-state index contributed by atoms with van der Waals surface area (Å²) in [6.45, 7) is 3.01. The van der Waals surface area contributed by atoms with E-state index in [9.17, 15) is 13.2 Å². The molecule has 0 aliphatic heterocycles. The van der Waals surface area contributed by atoms with Crippen molar-refractivity contribution in [1.29, 1.82) is 0 Å². The molecular formula is C12H16BrNO5S. The van der Waals surface area contributed by atoms with Gasteiger partial charge in [0.1, 0.15) is 10.6 Å². The van der Waals surface area contributed by atoms with Crippen molar-refractivity contribution < 1.29 is 23.1 Å². The number of aliphatic carboxylic acids is 1. The summed E-state index contributed by atoms with van der Waals surface area (Å²) in [7, 11) is -2.53. The molecule has 0 aromatic heterocycles. The third-order valence-corrected chi connectivity index (χ3v) is 4.63. The van der Waals surface area contributed by atoms with E-state index in [0.717, 1.165) is 0 Å². The Morgan fingerprint density at radius 1 is 1.45 bits per heavy atom. The first-order chi connectivity index (χ1) is 9.07. The van der Waals surface area contributed by atoms with Gasteiger partial charge in [-0.1, -0.05) is 15.9 Å². The summed E-state index contributed by atoms with van der Waals surface area (Å²) >= 11 is 3.20. The van der Waals surface area contributed by atoms with Crippen LogP contribution in [0.2, 0.25) is 0 Å². The van der Waals surface area contributed by atoms with E-state index < -0.39 is 21.5 Å². The van der Waals surface area contributed by atoms with E-state index in [4.69, 9.17) is 9.84 Å². The Kier molecular flexibility index (Phi) is 5.17. The summed E-state index contributed by atoms with van der Waals surface area (Å²) in [5, 5.41) is 8.79. The van der Waals surface area contributed by atoms with E-state index in [1.807, 2.05) is 0 Å². The van der Waals surface area contributed by atoms with Gasteiger partial charge in [0.05, 0.1) is 13.5 Å². The fourth-order valence-corrected chi connectivity index (χ4v) is 3.81. The van der Waals surface area contributed by atoms with Crippen molar-refractivity contribution in [3.63, 3.8) is 0 Å². The standard InChI is InChI=1S/C12H16BrNO5S/c1-12(2,7-11(15)16)14-20(17,18)10-6-8(13)4-5-9(10)19-3/h4-6,14H,7H2,1-3H3,(H,15,16). The van der Waals surface area contributed by atoms with Crippen LogP contribution >= 0.6 is 15.9 Å². The first-order valence-corrected chi connectivity index (χ1v) is 7.94. The Bertz CT molecular complexity index is 612. The lowest BCUT2D eigenvalue weighted by molar-refractivity contribution is -0.138. The number of nitrogens with one attached hydrogen (secondary N) is 1. The lowest BCUT2D eigenvalue weighted by atomic mass is 10.0. The monoisotopic (exact) mass is 365 g/mol. The number of sulfonamides is 1. The third-order valence-electron chi connectivity index (χ3n) is 2.42. The minimum Gasteiger partial charge on any atom is -0.495 e. The summed E-state index contributed by atoms with van der Waals surface area (Å²) in [5.74, 6) is -0.897. The summed E-state index contributed by atoms with van der Waals surface area (Å²) in [4.78, 5) is 10.7. The van der Waals surface area contributed by atoms with Crippen molar-refractivity contribution in [2.24, 2.45) is 0 Å². The number of methoxy groups -OCH3 is 1. The first-order valence-electron chi connectivity index (χ1n) is 5.67. The van der Waals surface area contributed by atoms with Crippen LogP contribution in [0.25, 0.3) is 0 Å². The molecule has 0 unspecified atom stereocenters. The molecule has 0 atom stereocenters. The summed E-state index contributed by atoms with van der Waals surface area (Å²) in [6.07, 6.45) is -0.331. The topological polar surface area (TPSA) is 92.7 Å². The van der Waals surface area contributed by atoms with Gasteiger partial charge in [-0.2, -0.15) is 0 Å². The van der Waals surface area contributed by atoms with Crippen LogP contribution in [0.15, 0.2) is 27.6 Å². The lowest BCUT2D eigenvalue weighted by Gasteiger charge is -2.24. The van der Waals surface area contributed by atoms with Crippen molar-refractivity contribution in [3.05, 3.63) is 22.7 Å². The van der Waals surface area contributed by atoms with Crippen LogP contribution in [-0.4, -0.2) is 32.1 Å². The average Bonchev–Trinajstić information content (AvgIpc) is 2.25. The molecule has 0 aliphatic rings. The van der Waals surface area contributed by atoms with Gasteiger partial charge in [-0.05, 0) is 32.0 Å². The van der Waals surface area contributed by atoms with E-state index >= 15 is 0 Å². The predicted octanol–water partition coefficient (Wildman–Crippen LogP) is 1.99. The highest BCUT2D eigenvalue weighted by atomic mass is 79.9. The van der Waals surface area contributed by atoms with Crippen LogP contribution in [0.1, 0.15) is 20.3 Å². The zero-order valence-corrected chi connectivity index (χ0v) is 13.7. The van der Waals surface area contributed by atoms with Gasteiger partial charge in [0.2, 0.25) is 10.0 Å². The van der Waals surface area contributed by atoms with Gasteiger partial charge < -0.3 is 9.84 Å². The normalized spacial score (nSPS) is 12.2. The van der Waals surface area contributed by atoms with E-state index in [1.165, 1.54) is 33.1 Å². The number of ether oxygens (including phenoxy) is 1. The third kappa shape index (κ3) is 4.46. The van der Waals surface area contributed by atoms with Gasteiger partial charge in [0.15, 0.2) is 0 Å². The highest BCUT2D eigenvalue weighted by Crippen LogP contribution is 2.28. The molecule has 1 aromatic carbocycles. The first kappa shape index (κ1) is 16.9. The number of carboxylic acids is 1. The van der Waals surface area contributed by atoms with Gasteiger partial charge >= 0.3 is 5.97 Å². The number of hydrogen-bond donors (Lipinski definition) is 2. The predicted molar refractivity (Wildman–Crippen MR) is 77.3 cm³/mol. The molecule has 1 rings (SSSR count). The highest BCUT2D eigenvalue weighted by Gasteiger charge is 2.30. The molecule has 8 heteroatoms. The molecule has 0 bridgehead atoms. The zero-order valence-electron chi connectivity index (χ0n) is 11.3. The second-order valence-corrected chi connectivity index (χ2v) is 7.42. The van der Waals surface area contributed by atoms with Crippen LogP contribution < -0.4 is 9.46 Å². The molecule has 6 nitrogen and oxygen atoms in total. The fourth-order valence-electron chi connectivity index (χ4n) is 1.69. The maximum atomic E-state index is 12.4. The quantitative estimate of drug-likeness (QED) is 0.803. The molecule has 0 fully saturated rings. The van der Waals surface area contributed by atoms with E-state index in [2.05, 4.69) is 20.7 Å². The Morgan fingerprint density at radius 2 is 2.05 bits per heavy atom.